The van der Waals surface area contributed by atoms with Gasteiger partial charge in [-0.1, -0.05) is 0 Å². The minimum Gasteiger partial charge on any atom is -0.497 e. The van der Waals surface area contributed by atoms with E-state index in [0.29, 0.717) is 17.1 Å². The fraction of sp³-hybridized carbons (Fsp3) is 0.250. The van der Waals surface area contributed by atoms with E-state index in [1.807, 2.05) is 0 Å². The van der Waals surface area contributed by atoms with E-state index in [1.54, 1.807) is 38.3 Å². The summed E-state index contributed by atoms with van der Waals surface area (Å²) in [5, 5.41) is 7.51. The van der Waals surface area contributed by atoms with Crippen LogP contribution in [0.25, 0.3) is 0 Å². The Bertz CT molecular complexity index is 541. The van der Waals surface area contributed by atoms with Crippen molar-refractivity contribution >= 4 is 23.5 Å². The Kier molecular flexibility index (Phi) is 4.04. The zero-order valence-corrected chi connectivity index (χ0v) is 11.1. The number of carbonyl (C=O) groups excluding carboxylic acids is 2. The summed E-state index contributed by atoms with van der Waals surface area (Å²) in [4.78, 5) is 23.2. The lowest BCUT2D eigenvalue weighted by Crippen LogP contribution is -2.55. The van der Waals surface area contributed by atoms with Crippen LogP contribution in [0.15, 0.2) is 29.4 Å². The highest BCUT2D eigenvalue weighted by Crippen LogP contribution is 2.14. The molecule has 1 aromatic carbocycles. The Labute approximate surface area is 115 Å². The van der Waals surface area contributed by atoms with Crippen LogP contribution in [0.1, 0.15) is 6.92 Å². The molecule has 2 rings (SSSR count). The zero-order valence-electron chi connectivity index (χ0n) is 11.1. The predicted octanol–water partition coefficient (Wildman–Crippen LogP) is 1.13. The highest BCUT2D eigenvalue weighted by atomic mass is 16.5. The highest BCUT2D eigenvalue weighted by Gasteiger charge is 2.20. The van der Waals surface area contributed by atoms with Gasteiger partial charge in [0.2, 0.25) is 0 Å². The number of carbonyl (C=O) groups is 2. The van der Waals surface area contributed by atoms with Crippen LogP contribution >= 0.6 is 0 Å². The van der Waals surface area contributed by atoms with E-state index in [1.165, 1.54) is 0 Å². The molecule has 0 bridgehead atoms. The molecule has 0 saturated heterocycles. The highest BCUT2D eigenvalue weighted by molar-refractivity contribution is 5.95. The first-order chi connectivity index (χ1) is 9.58. The summed E-state index contributed by atoms with van der Waals surface area (Å²) < 4.78 is 5.02. The minimum absolute atomic E-state index is 0.238. The number of nitrogens with one attached hydrogen (secondary N) is 3. The van der Waals surface area contributed by atoms with Crippen molar-refractivity contribution in [1.82, 2.24) is 15.9 Å². The number of hydrogen-bond donors (Lipinski definition) is 3. The Morgan fingerprint density at radius 1 is 1.40 bits per heavy atom. The van der Waals surface area contributed by atoms with Crippen molar-refractivity contribution in [2.75, 3.05) is 19.0 Å². The lowest BCUT2D eigenvalue weighted by atomic mass is 10.3. The number of nitrogens with zero attached hydrogens (tertiary/aromatic N) is 2. The van der Waals surface area contributed by atoms with Gasteiger partial charge in [-0.05, 0) is 31.2 Å². The van der Waals surface area contributed by atoms with Gasteiger partial charge in [0.15, 0.2) is 0 Å². The fourth-order valence-corrected chi connectivity index (χ4v) is 1.59. The van der Waals surface area contributed by atoms with E-state index >= 15 is 0 Å². The van der Waals surface area contributed by atoms with E-state index in [9.17, 15) is 9.59 Å². The van der Waals surface area contributed by atoms with Crippen LogP contribution in [0.5, 0.6) is 5.75 Å². The molecule has 0 aliphatic carbocycles. The lowest BCUT2D eigenvalue weighted by molar-refractivity contribution is 0.177. The smallest absolute Gasteiger partial charge is 0.356 e. The average molecular weight is 277 g/mol. The number of hydrogen-bond acceptors (Lipinski definition) is 4. The van der Waals surface area contributed by atoms with Crippen LogP contribution in [0.2, 0.25) is 0 Å². The normalized spacial score (nSPS) is 14.2. The van der Waals surface area contributed by atoms with E-state index < -0.39 is 12.1 Å². The summed E-state index contributed by atoms with van der Waals surface area (Å²) in [6, 6.07) is 5.84. The number of anilines is 1. The molecule has 106 valence electrons. The number of hydrazine groups is 1. The van der Waals surface area contributed by atoms with Gasteiger partial charge in [0, 0.05) is 5.69 Å². The van der Waals surface area contributed by atoms with Crippen molar-refractivity contribution in [1.29, 1.82) is 0 Å². The maximum absolute atomic E-state index is 11.8. The first kappa shape index (κ1) is 13.7. The molecule has 1 aromatic rings. The Balaban J connectivity index is 1.91. The standard InChI is InChI=1S/C12H15N5O3/c1-8-7-17(12(19)15-14-8)16-11(18)13-9-3-5-10(20-2)6-4-9/h3-6H,7H2,1-2H3,(H,15,19)(H2,13,16,18). The molecule has 1 aliphatic heterocycles. The maximum atomic E-state index is 11.8. The van der Waals surface area contributed by atoms with Crippen molar-refractivity contribution in [2.24, 2.45) is 5.10 Å². The minimum atomic E-state index is -0.514. The lowest BCUT2D eigenvalue weighted by Gasteiger charge is -2.25. The van der Waals surface area contributed by atoms with E-state index in [-0.39, 0.29) is 6.54 Å². The summed E-state index contributed by atoms with van der Waals surface area (Å²) in [5.74, 6) is 0.693. The van der Waals surface area contributed by atoms with E-state index in [4.69, 9.17) is 4.74 Å². The second-order valence-corrected chi connectivity index (χ2v) is 4.14. The fourth-order valence-electron chi connectivity index (χ4n) is 1.59. The molecule has 0 radical (unpaired) electrons. The molecule has 0 saturated carbocycles. The molecule has 8 heteroatoms. The van der Waals surface area contributed by atoms with Gasteiger partial charge in [-0.2, -0.15) is 5.10 Å². The van der Waals surface area contributed by atoms with Crippen LogP contribution in [-0.2, 0) is 0 Å². The second kappa shape index (κ2) is 5.91. The maximum Gasteiger partial charge on any atom is 0.356 e. The van der Waals surface area contributed by atoms with Crippen molar-refractivity contribution in [2.45, 2.75) is 6.92 Å². The topological polar surface area (TPSA) is 95.1 Å². The monoisotopic (exact) mass is 277 g/mol. The molecule has 0 unspecified atom stereocenters. The van der Waals surface area contributed by atoms with Gasteiger partial charge in [-0.25, -0.2) is 25.4 Å². The molecule has 0 atom stereocenters. The summed E-state index contributed by atoms with van der Waals surface area (Å²) in [5.41, 5.74) is 6.00. The van der Waals surface area contributed by atoms with Gasteiger partial charge in [0.05, 0.1) is 19.4 Å². The average Bonchev–Trinajstić information content (AvgIpc) is 2.43. The summed E-state index contributed by atoms with van der Waals surface area (Å²) in [7, 11) is 1.56. The number of methoxy groups -OCH3 is 1. The molecular weight excluding hydrogens is 262 g/mol. The summed E-state index contributed by atoms with van der Waals surface area (Å²) in [6.07, 6.45) is 0. The molecule has 1 heterocycles. The van der Waals surface area contributed by atoms with Gasteiger partial charge in [0.1, 0.15) is 5.75 Å². The summed E-state index contributed by atoms with van der Waals surface area (Å²) in [6.45, 7) is 1.98. The Morgan fingerprint density at radius 2 is 2.10 bits per heavy atom. The van der Waals surface area contributed by atoms with Crippen molar-refractivity contribution in [3.8, 4) is 5.75 Å². The molecule has 0 aromatic heterocycles. The largest absolute Gasteiger partial charge is 0.497 e. The molecular formula is C12H15N5O3. The zero-order chi connectivity index (χ0) is 14.5. The number of ether oxygens (including phenoxy) is 1. The van der Waals surface area contributed by atoms with Gasteiger partial charge in [-0.15, -0.1) is 0 Å². The SMILES string of the molecule is COc1ccc(NC(=O)NN2CC(C)=NNC2=O)cc1. The molecule has 1 aliphatic rings. The number of amides is 4. The molecule has 0 fully saturated rings. The van der Waals surface area contributed by atoms with Gasteiger partial charge in [-0.3, -0.25) is 0 Å². The van der Waals surface area contributed by atoms with Crippen molar-refractivity contribution in [3.63, 3.8) is 0 Å². The van der Waals surface area contributed by atoms with E-state index in [0.717, 1.165) is 5.01 Å². The van der Waals surface area contributed by atoms with Crippen LogP contribution in [0, 0.1) is 0 Å². The predicted molar refractivity (Wildman–Crippen MR) is 73.5 cm³/mol. The van der Waals surface area contributed by atoms with Crippen LogP contribution in [0.4, 0.5) is 15.3 Å². The quantitative estimate of drug-likeness (QED) is 0.773. The van der Waals surface area contributed by atoms with Gasteiger partial charge in [0.25, 0.3) is 0 Å². The number of hydrazone groups is 1. The Hall–Kier alpha value is -2.77. The number of rotatable bonds is 3. The van der Waals surface area contributed by atoms with Crippen molar-refractivity contribution < 1.29 is 14.3 Å². The molecule has 8 nitrogen and oxygen atoms in total. The van der Waals surface area contributed by atoms with Crippen LogP contribution in [0.3, 0.4) is 0 Å². The van der Waals surface area contributed by atoms with Crippen molar-refractivity contribution in [3.05, 3.63) is 24.3 Å². The van der Waals surface area contributed by atoms with Crippen LogP contribution in [-0.4, -0.2) is 36.4 Å². The molecule has 3 N–H and O–H groups in total. The van der Waals surface area contributed by atoms with E-state index in [2.05, 4.69) is 21.3 Å². The number of benzene rings is 1. The third-order valence-electron chi connectivity index (χ3n) is 2.56. The third kappa shape index (κ3) is 3.37. The molecule has 0 spiro atoms. The molecule has 4 amide bonds. The third-order valence-corrected chi connectivity index (χ3v) is 2.56. The number of urea groups is 2. The first-order valence-electron chi connectivity index (χ1n) is 5.91. The Morgan fingerprint density at radius 3 is 2.75 bits per heavy atom. The molecule has 20 heavy (non-hydrogen) atoms. The van der Waals surface area contributed by atoms with Gasteiger partial charge < -0.3 is 10.1 Å². The van der Waals surface area contributed by atoms with Gasteiger partial charge >= 0.3 is 12.1 Å². The summed E-state index contributed by atoms with van der Waals surface area (Å²) >= 11 is 0. The second-order valence-electron chi connectivity index (χ2n) is 4.14. The first-order valence-corrected chi connectivity index (χ1v) is 5.91. The van der Waals surface area contributed by atoms with Crippen LogP contribution < -0.4 is 20.9 Å².